The molecule has 4 rings (SSSR count). The average Bonchev–Trinajstić information content (AvgIpc) is 3.21. The third-order valence-corrected chi connectivity index (χ3v) is 5.72. The number of benzene rings is 2. The van der Waals surface area contributed by atoms with Crippen molar-refractivity contribution in [1.82, 2.24) is 9.97 Å². The molecular weight excluding hydrogens is 411 g/mol. The van der Waals surface area contributed by atoms with Crippen molar-refractivity contribution in [2.45, 2.75) is 47.9 Å². The zero-order chi connectivity index (χ0) is 21.0. The third-order valence-electron chi connectivity index (χ3n) is 4.71. The number of halogens is 3. The Morgan fingerprint density at radius 2 is 1.77 bits per heavy atom. The number of nitrogens with one attached hydrogen (secondary N) is 1. The lowest BCUT2D eigenvalue weighted by atomic mass is 10.2. The standard InChI is InChI=1S/C22H20F3N3OS/c23-22(24,25)19-14-26-21(28-20(19)30-18-11-2-1-3-12-18)27-15-7-6-10-17(13-15)29-16-8-4-5-9-16/h1-3,6-7,10-14,16H,4-5,8-9H2,(H,26,27,28). The van der Waals surface area contributed by atoms with Crippen LogP contribution in [-0.4, -0.2) is 16.1 Å². The zero-order valence-electron chi connectivity index (χ0n) is 16.0. The Labute approximate surface area is 176 Å². The van der Waals surface area contributed by atoms with E-state index in [1.54, 1.807) is 30.3 Å². The van der Waals surface area contributed by atoms with Crippen molar-refractivity contribution in [3.05, 3.63) is 66.4 Å². The van der Waals surface area contributed by atoms with Crippen LogP contribution in [0, 0.1) is 0 Å². The predicted octanol–water partition coefficient (Wildman–Crippen LogP) is 6.71. The molecule has 3 aromatic rings. The minimum absolute atomic E-state index is 0.0967. The summed E-state index contributed by atoms with van der Waals surface area (Å²) in [7, 11) is 0. The fourth-order valence-electron chi connectivity index (χ4n) is 3.27. The second-order valence-corrected chi connectivity index (χ2v) is 8.06. The smallest absolute Gasteiger partial charge is 0.420 e. The van der Waals surface area contributed by atoms with Crippen LogP contribution in [0.15, 0.2) is 70.7 Å². The zero-order valence-corrected chi connectivity index (χ0v) is 16.8. The highest BCUT2D eigenvalue weighted by Gasteiger charge is 2.35. The lowest BCUT2D eigenvalue weighted by molar-refractivity contribution is -0.140. The van der Waals surface area contributed by atoms with Crippen molar-refractivity contribution in [1.29, 1.82) is 0 Å². The molecule has 1 aromatic heterocycles. The first-order chi connectivity index (χ1) is 14.5. The van der Waals surface area contributed by atoms with Gasteiger partial charge in [-0.15, -0.1) is 0 Å². The predicted molar refractivity (Wildman–Crippen MR) is 110 cm³/mol. The first-order valence-corrected chi connectivity index (χ1v) is 10.5. The summed E-state index contributed by atoms with van der Waals surface area (Å²) < 4.78 is 46.3. The Hall–Kier alpha value is -2.74. The number of nitrogens with zero attached hydrogens (tertiary/aromatic N) is 2. The largest absolute Gasteiger partial charge is 0.490 e. The first-order valence-electron chi connectivity index (χ1n) is 9.68. The Morgan fingerprint density at radius 1 is 1.00 bits per heavy atom. The van der Waals surface area contributed by atoms with Crippen LogP contribution in [0.4, 0.5) is 24.8 Å². The van der Waals surface area contributed by atoms with Gasteiger partial charge in [-0.25, -0.2) is 9.97 Å². The van der Waals surface area contributed by atoms with Gasteiger partial charge in [-0.1, -0.05) is 36.0 Å². The van der Waals surface area contributed by atoms with E-state index >= 15 is 0 Å². The molecule has 1 heterocycles. The maximum atomic E-state index is 13.4. The van der Waals surface area contributed by atoms with Crippen LogP contribution in [0.3, 0.4) is 0 Å². The third kappa shape index (κ3) is 5.24. The van der Waals surface area contributed by atoms with Crippen LogP contribution >= 0.6 is 11.8 Å². The maximum absolute atomic E-state index is 13.4. The van der Waals surface area contributed by atoms with Gasteiger partial charge in [0.1, 0.15) is 16.3 Å². The SMILES string of the molecule is FC(F)(F)c1cnc(Nc2cccc(OC3CCCC3)c2)nc1Sc1ccccc1. The summed E-state index contributed by atoms with van der Waals surface area (Å²) in [5.74, 6) is 0.817. The minimum Gasteiger partial charge on any atom is -0.490 e. The van der Waals surface area contributed by atoms with Gasteiger partial charge in [-0.05, 0) is 49.9 Å². The van der Waals surface area contributed by atoms with E-state index in [0.29, 0.717) is 10.6 Å². The summed E-state index contributed by atoms with van der Waals surface area (Å²) in [6.07, 6.45) is 0.925. The summed E-state index contributed by atoms with van der Waals surface area (Å²) in [6, 6.07) is 16.1. The van der Waals surface area contributed by atoms with Crippen molar-refractivity contribution in [2.75, 3.05) is 5.32 Å². The molecule has 156 valence electrons. The molecule has 1 aliphatic carbocycles. The van der Waals surface area contributed by atoms with Crippen molar-refractivity contribution in [3.8, 4) is 5.75 Å². The van der Waals surface area contributed by atoms with Gasteiger partial charge in [0, 0.05) is 22.8 Å². The molecule has 0 atom stereocenters. The van der Waals surface area contributed by atoms with E-state index in [9.17, 15) is 13.2 Å². The summed E-state index contributed by atoms with van der Waals surface area (Å²) in [5.41, 5.74) is -0.207. The van der Waals surface area contributed by atoms with Gasteiger partial charge in [0.05, 0.1) is 6.10 Å². The van der Waals surface area contributed by atoms with E-state index in [2.05, 4.69) is 15.3 Å². The van der Waals surface area contributed by atoms with Gasteiger partial charge < -0.3 is 10.1 Å². The number of ether oxygens (including phenoxy) is 1. The highest BCUT2D eigenvalue weighted by molar-refractivity contribution is 7.99. The van der Waals surface area contributed by atoms with Crippen LogP contribution in [0.25, 0.3) is 0 Å². The molecule has 2 aromatic carbocycles. The molecule has 0 saturated heterocycles. The van der Waals surface area contributed by atoms with E-state index in [0.717, 1.165) is 36.5 Å². The first kappa shape index (κ1) is 20.5. The molecule has 0 bridgehead atoms. The van der Waals surface area contributed by atoms with Crippen LogP contribution in [0.5, 0.6) is 5.75 Å². The molecular formula is C22H20F3N3OS. The number of aromatic nitrogens is 2. The maximum Gasteiger partial charge on any atom is 0.420 e. The lowest BCUT2D eigenvalue weighted by Gasteiger charge is -2.15. The number of rotatable bonds is 6. The van der Waals surface area contributed by atoms with Crippen molar-refractivity contribution >= 4 is 23.4 Å². The summed E-state index contributed by atoms with van der Waals surface area (Å²) in [6.45, 7) is 0. The van der Waals surface area contributed by atoms with Gasteiger partial charge in [0.15, 0.2) is 0 Å². The normalized spacial score (nSPS) is 14.6. The van der Waals surface area contributed by atoms with Crippen molar-refractivity contribution in [2.24, 2.45) is 0 Å². The van der Waals surface area contributed by atoms with Crippen molar-refractivity contribution in [3.63, 3.8) is 0 Å². The Balaban J connectivity index is 1.56. The average molecular weight is 431 g/mol. The molecule has 1 N–H and O–H groups in total. The second kappa shape index (κ2) is 8.95. The quantitative estimate of drug-likeness (QED) is 0.440. The lowest BCUT2D eigenvalue weighted by Crippen LogP contribution is -2.11. The van der Waals surface area contributed by atoms with E-state index in [1.165, 1.54) is 12.8 Å². The van der Waals surface area contributed by atoms with E-state index in [1.807, 2.05) is 24.3 Å². The summed E-state index contributed by atoms with van der Waals surface area (Å²) in [4.78, 5) is 8.69. The Kier molecular flexibility index (Phi) is 6.13. The summed E-state index contributed by atoms with van der Waals surface area (Å²) in [5, 5.41) is 2.84. The molecule has 0 spiro atoms. The van der Waals surface area contributed by atoms with Crippen molar-refractivity contribution < 1.29 is 17.9 Å². The highest BCUT2D eigenvalue weighted by Crippen LogP contribution is 2.38. The molecule has 30 heavy (non-hydrogen) atoms. The monoisotopic (exact) mass is 431 g/mol. The molecule has 0 aliphatic heterocycles. The molecule has 1 aliphatic rings. The Bertz CT molecular complexity index is 992. The molecule has 4 nitrogen and oxygen atoms in total. The highest BCUT2D eigenvalue weighted by atomic mass is 32.2. The number of hydrogen-bond acceptors (Lipinski definition) is 5. The van der Waals surface area contributed by atoms with Crippen LogP contribution in [0.2, 0.25) is 0 Å². The summed E-state index contributed by atoms with van der Waals surface area (Å²) >= 11 is 0.954. The fourth-order valence-corrected chi connectivity index (χ4v) is 4.20. The van der Waals surface area contributed by atoms with Gasteiger partial charge in [0.2, 0.25) is 5.95 Å². The van der Waals surface area contributed by atoms with Crippen LogP contribution < -0.4 is 10.1 Å². The Morgan fingerprint density at radius 3 is 2.50 bits per heavy atom. The molecule has 0 radical (unpaired) electrons. The van der Waals surface area contributed by atoms with Gasteiger partial charge >= 0.3 is 6.18 Å². The molecule has 8 heteroatoms. The molecule has 0 unspecified atom stereocenters. The van der Waals surface area contributed by atoms with Gasteiger partial charge in [-0.2, -0.15) is 13.2 Å². The van der Waals surface area contributed by atoms with E-state index < -0.39 is 11.7 Å². The van der Waals surface area contributed by atoms with Crippen LogP contribution in [-0.2, 0) is 6.18 Å². The second-order valence-electron chi connectivity index (χ2n) is 7.00. The number of hydrogen-bond donors (Lipinski definition) is 1. The van der Waals surface area contributed by atoms with Gasteiger partial charge in [0.25, 0.3) is 0 Å². The molecule has 0 amide bonds. The number of anilines is 2. The topological polar surface area (TPSA) is 47.0 Å². The molecule has 1 fully saturated rings. The van der Waals surface area contributed by atoms with E-state index in [4.69, 9.17) is 4.74 Å². The van der Waals surface area contributed by atoms with E-state index in [-0.39, 0.29) is 17.1 Å². The minimum atomic E-state index is -4.54. The van der Waals surface area contributed by atoms with Gasteiger partial charge in [-0.3, -0.25) is 0 Å². The number of alkyl halides is 3. The van der Waals surface area contributed by atoms with Crippen LogP contribution in [0.1, 0.15) is 31.2 Å². The fraction of sp³-hybridized carbons (Fsp3) is 0.273. The molecule has 1 saturated carbocycles.